The third-order valence-corrected chi connectivity index (χ3v) is 4.75. The number of nitrogens with one attached hydrogen (secondary N) is 1. The summed E-state index contributed by atoms with van der Waals surface area (Å²) in [5, 5.41) is 7.33. The highest BCUT2D eigenvalue weighted by Crippen LogP contribution is 2.15. The second kappa shape index (κ2) is 9.08. The van der Waals surface area contributed by atoms with Crippen LogP contribution in [0.5, 0.6) is 0 Å². The standard InChI is InChI=1S/C20H21N3OS/c24-20(21-13-14-25-19-9-5-2-6-10-19)12-11-17-15-22-23(16-17)18-7-3-1-4-8-18/h1-10,15-16H,11-14H2,(H,21,24). The van der Waals surface area contributed by atoms with E-state index in [2.05, 4.69) is 22.5 Å². The number of benzene rings is 2. The first-order valence-electron chi connectivity index (χ1n) is 8.35. The van der Waals surface area contributed by atoms with Gasteiger partial charge in [-0.25, -0.2) is 4.68 Å². The fraction of sp³-hybridized carbons (Fsp3) is 0.200. The molecule has 0 bridgehead atoms. The fourth-order valence-corrected chi connectivity index (χ4v) is 3.22. The third-order valence-electron chi connectivity index (χ3n) is 3.73. The van der Waals surface area contributed by atoms with Gasteiger partial charge in [0.05, 0.1) is 11.9 Å². The van der Waals surface area contributed by atoms with Crippen LogP contribution in [0.3, 0.4) is 0 Å². The van der Waals surface area contributed by atoms with Crippen molar-refractivity contribution in [3.8, 4) is 5.69 Å². The van der Waals surface area contributed by atoms with Crippen molar-refractivity contribution in [3.63, 3.8) is 0 Å². The van der Waals surface area contributed by atoms with Crippen molar-refractivity contribution < 1.29 is 4.79 Å². The molecule has 1 heterocycles. The summed E-state index contributed by atoms with van der Waals surface area (Å²) in [5.74, 6) is 0.961. The lowest BCUT2D eigenvalue weighted by Gasteiger charge is -2.05. The fourth-order valence-electron chi connectivity index (χ4n) is 2.43. The molecule has 5 heteroatoms. The van der Waals surface area contributed by atoms with Gasteiger partial charge in [0.2, 0.25) is 5.91 Å². The molecular weight excluding hydrogens is 330 g/mol. The van der Waals surface area contributed by atoms with E-state index in [0.717, 1.165) is 17.0 Å². The van der Waals surface area contributed by atoms with Gasteiger partial charge in [-0.3, -0.25) is 4.79 Å². The Kier molecular flexibility index (Phi) is 6.29. The van der Waals surface area contributed by atoms with Crippen LogP contribution in [-0.2, 0) is 11.2 Å². The van der Waals surface area contributed by atoms with Crippen LogP contribution in [0.2, 0.25) is 0 Å². The Bertz CT molecular complexity index is 787. The van der Waals surface area contributed by atoms with Gasteiger partial charge in [-0.1, -0.05) is 36.4 Å². The molecule has 4 nitrogen and oxygen atoms in total. The van der Waals surface area contributed by atoms with E-state index in [9.17, 15) is 4.79 Å². The number of carbonyl (C=O) groups is 1. The molecular formula is C20H21N3OS. The number of carbonyl (C=O) groups excluding carboxylic acids is 1. The predicted octanol–water partition coefficient (Wildman–Crippen LogP) is 3.71. The number of aromatic nitrogens is 2. The zero-order valence-corrected chi connectivity index (χ0v) is 14.8. The maximum absolute atomic E-state index is 12.0. The lowest BCUT2D eigenvalue weighted by Crippen LogP contribution is -2.25. The molecule has 1 aromatic heterocycles. The van der Waals surface area contributed by atoms with Gasteiger partial charge in [0.1, 0.15) is 0 Å². The van der Waals surface area contributed by atoms with Crippen molar-refractivity contribution in [1.29, 1.82) is 0 Å². The molecule has 0 aliphatic heterocycles. The largest absolute Gasteiger partial charge is 0.355 e. The highest BCUT2D eigenvalue weighted by Gasteiger charge is 2.05. The first-order valence-corrected chi connectivity index (χ1v) is 9.33. The van der Waals surface area contributed by atoms with Crippen molar-refractivity contribution in [2.75, 3.05) is 12.3 Å². The summed E-state index contributed by atoms with van der Waals surface area (Å²) in [4.78, 5) is 13.2. The lowest BCUT2D eigenvalue weighted by atomic mass is 10.2. The summed E-state index contributed by atoms with van der Waals surface area (Å²) in [7, 11) is 0. The average Bonchev–Trinajstić information content (AvgIpc) is 3.14. The maximum atomic E-state index is 12.0. The zero-order valence-electron chi connectivity index (χ0n) is 14.0. The van der Waals surface area contributed by atoms with E-state index in [0.29, 0.717) is 19.4 Å². The molecule has 0 aliphatic carbocycles. The SMILES string of the molecule is O=C(CCc1cnn(-c2ccccc2)c1)NCCSc1ccccc1. The molecule has 1 N–H and O–H groups in total. The molecule has 0 radical (unpaired) electrons. The van der Waals surface area contributed by atoms with E-state index in [1.165, 1.54) is 4.90 Å². The predicted molar refractivity (Wildman–Crippen MR) is 102 cm³/mol. The van der Waals surface area contributed by atoms with Crippen LogP contribution in [0, 0.1) is 0 Å². The van der Waals surface area contributed by atoms with Crippen LogP contribution in [0.4, 0.5) is 0 Å². The molecule has 25 heavy (non-hydrogen) atoms. The van der Waals surface area contributed by atoms with Crippen LogP contribution in [-0.4, -0.2) is 28.0 Å². The van der Waals surface area contributed by atoms with Gasteiger partial charge in [0.15, 0.2) is 0 Å². The van der Waals surface area contributed by atoms with E-state index in [1.807, 2.05) is 65.6 Å². The first kappa shape index (κ1) is 17.3. The van der Waals surface area contributed by atoms with E-state index in [4.69, 9.17) is 0 Å². The van der Waals surface area contributed by atoms with Crippen molar-refractivity contribution in [2.45, 2.75) is 17.7 Å². The number of para-hydroxylation sites is 1. The smallest absolute Gasteiger partial charge is 0.220 e. The Hall–Kier alpha value is -2.53. The molecule has 0 spiro atoms. The Morgan fingerprint density at radius 2 is 1.76 bits per heavy atom. The molecule has 3 rings (SSSR count). The van der Waals surface area contributed by atoms with Crippen molar-refractivity contribution in [1.82, 2.24) is 15.1 Å². The Morgan fingerprint density at radius 3 is 2.52 bits per heavy atom. The summed E-state index contributed by atoms with van der Waals surface area (Å²) in [6.45, 7) is 0.682. The number of aryl methyl sites for hydroxylation is 1. The number of thioether (sulfide) groups is 1. The average molecular weight is 351 g/mol. The Morgan fingerprint density at radius 1 is 1.04 bits per heavy atom. The third kappa shape index (κ3) is 5.50. The Balaban J connectivity index is 1.37. The number of rotatable bonds is 8. The molecule has 0 saturated carbocycles. The van der Waals surface area contributed by atoms with Crippen LogP contribution in [0.15, 0.2) is 78.0 Å². The summed E-state index contributed by atoms with van der Waals surface area (Å²) in [6, 6.07) is 20.2. The molecule has 0 saturated heterocycles. The molecule has 0 atom stereocenters. The Labute approximate surface area is 152 Å². The summed E-state index contributed by atoms with van der Waals surface area (Å²) >= 11 is 1.75. The number of nitrogens with zero attached hydrogens (tertiary/aromatic N) is 2. The molecule has 3 aromatic rings. The molecule has 2 aromatic carbocycles. The molecule has 0 unspecified atom stereocenters. The second-order valence-electron chi connectivity index (χ2n) is 5.64. The minimum atomic E-state index is 0.0844. The van der Waals surface area contributed by atoms with E-state index < -0.39 is 0 Å². The van der Waals surface area contributed by atoms with E-state index in [1.54, 1.807) is 11.8 Å². The number of hydrogen-bond acceptors (Lipinski definition) is 3. The number of hydrogen-bond donors (Lipinski definition) is 1. The first-order chi connectivity index (χ1) is 12.3. The highest BCUT2D eigenvalue weighted by atomic mass is 32.2. The van der Waals surface area contributed by atoms with Crippen LogP contribution >= 0.6 is 11.8 Å². The normalized spacial score (nSPS) is 10.6. The molecule has 0 fully saturated rings. The molecule has 0 aliphatic rings. The van der Waals surface area contributed by atoms with E-state index >= 15 is 0 Å². The summed E-state index contributed by atoms with van der Waals surface area (Å²) in [5.41, 5.74) is 2.09. The summed E-state index contributed by atoms with van der Waals surface area (Å²) in [6.07, 6.45) is 4.99. The molecule has 1 amide bonds. The van der Waals surface area contributed by atoms with Gasteiger partial charge in [-0.15, -0.1) is 11.8 Å². The minimum absolute atomic E-state index is 0.0844. The van der Waals surface area contributed by atoms with Gasteiger partial charge < -0.3 is 5.32 Å². The van der Waals surface area contributed by atoms with Crippen LogP contribution < -0.4 is 5.32 Å². The van der Waals surface area contributed by atoms with Crippen molar-refractivity contribution in [3.05, 3.63) is 78.6 Å². The van der Waals surface area contributed by atoms with Gasteiger partial charge >= 0.3 is 0 Å². The monoisotopic (exact) mass is 351 g/mol. The highest BCUT2D eigenvalue weighted by molar-refractivity contribution is 7.99. The maximum Gasteiger partial charge on any atom is 0.220 e. The van der Waals surface area contributed by atoms with Crippen molar-refractivity contribution in [2.24, 2.45) is 0 Å². The van der Waals surface area contributed by atoms with Crippen LogP contribution in [0.1, 0.15) is 12.0 Å². The van der Waals surface area contributed by atoms with E-state index in [-0.39, 0.29) is 5.91 Å². The zero-order chi connectivity index (χ0) is 17.3. The second-order valence-corrected chi connectivity index (χ2v) is 6.81. The summed E-state index contributed by atoms with van der Waals surface area (Å²) < 4.78 is 1.84. The number of amides is 1. The van der Waals surface area contributed by atoms with Crippen LogP contribution in [0.25, 0.3) is 5.69 Å². The van der Waals surface area contributed by atoms with Gasteiger partial charge in [-0.05, 0) is 36.2 Å². The lowest BCUT2D eigenvalue weighted by molar-refractivity contribution is -0.120. The van der Waals surface area contributed by atoms with Crippen molar-refractivity contribution >= 4 is 17.7 Å². The minimum Gasteiger partial charge on any atom is -0.355 e. The molecule has 128 valence electrons. The van der Waals surface area contributed by atoms with Gasteiger partial charge in [-0.2, -0.15) is 5.10 Å². The van der Waals surface area contributed by atoms with Gasteiger partial charge in [0, 0.05) is 29.8 Å². The quantitative estimate of drug-likeness (QED) is 0.497. The topological polar surface area (TPSA) is 46.9 Å². The van der Waals surface area contributed by atoms with Gasteiger partial charge in [0.25, 0.3) is 0 Å².